The first-order valence-electron chi connectivity index (χ1n) is 4.79. The topological polar surface area (TPSA) is 12.0 Å². The van der Waals surface area contributed by atoms with Crippen LogP contribution in [0, 0.1) is 5.82 Å². The fraction of sp³-hybridized carbons (Fsp3) is 0.455. The summed E-state index contributed by atoms with van der Waals surface area (Å²) in [5, 5.41) is 3.82. The van der Waals surface area contributed by atoms with Crippen LogP contribution in [0.1, 0.15) is 12.5 Å². The van der Waals surface area contributed by atoms with Crippen molar-refractivity contribution in [1.29, 1.82) is 0 Å². The van der Waals surface area contributed by atoms with E-state index < -0.39 is 0 Å². The van der Waals surface area contributed by atoms with Gasteiger partial charge in [-0.05, 0) is 31.4 Å². The van der Waals surface area contributed by atoms with Gasteiger partial charge in [0.15, 0.2) is 0 Å². The molecule has 0 aliphatic rings. The van der Waals surface area contributed by atoms with Crippen LogP contribution < -0.4 is 5.32 Å². The molecule has 0 radical (unpaired) electrons. The van der Waals surface area contributed by atoms with E-state index in [0.717, 1.165) is 5.75 Å². The van der Waals surface area contributed by atoms with Crippen molar-refractivity contribution in [1.82, 2.24) is 5.32 Å². The van der Waals surface area contributed by atoms with Crippen LogP contribution in [-0.2, 0) is 6.54 Å². The van der Waals surface area contributed by atoms with Crippen LogP contribution in [0.15, 0.2) is 18.2 Å². The lowest BCUT2D eigenvalue weighted by Gasteiger charge is -2.12. The molecule has 0 spiro atoms. The summed E-state index contributed by atoms with van der Waals surface area (Å²) in [6.07, 6.45) is 2.05. The smallest absolute Gasteiger partial charge is 0.127 e. The summed E-state index contributed by atoms with van der Waals surface area (Å²) in [6.45, 7) is 2.60. The highest BCUT2D eigenvalue weighted by atomic mass is 35.5. The largest absolute Gasteiger partial charge is 0.309 e. The summed E-state index contributed by atoms with van der Waals surface area (Å²) in [5.41, 5.74) is 0.621. The average molecular weight is 248 g/mol. The average Bonchev–Trinajstić information content (AvgIpc) is 2.20. The third-order valence-corrected chi connectivity index (χ3v) is 3.13. The van der Waals surface area contributed by atoms with Crippen LogP contribution in [0.5, 0.6) is 0 Å². The highest BCUT2D eigenvalue weighted by molar-refractivity contribution is 7.98. The second-order valence-electron chi connectivity index (χ2n) is 3.47. The number of halogens is 2. The van der Waals surface area contributed by atoms with Crippen LogP contribution in [0.3, 0.4) is 0 Å². The number of hydrogen-bond donors (Lipinski definition) is 1. The van der Waals surface area contributed by atoms with Crippen molar-refractivity contribution in [3.8, 4) is 0 Å². The molecule has 0 aliphatic heterocycles. The molecule has 0 amide bonds. The Morgan fingerprint density at radius 3 is 2.93 bits per heavy atom. The Morgan fingerprint density at radius 2 is 2.27 bits per heavy atom. The van der Waals surface area contributed by atoms with Crippen molar-refractivity contribution in [2.24, 2.45) is 0 Å². The van der Waals surface area contributed by atoms with Crippen LogP contribution in [0.4, 0.5) is 4.39 Å². The van der Waals surface area contributed by atoms with Gasteiger partial charge in [-0.25, -0.2) is 4.39 Å². The lowest BCUT2D eigenvalue weighted by molar-refractivity contribution is 0.557. The number of nitrogens with one attached hydrogen (secondary N) is 1. The molecule has 1 unspecified atom stereocenters. The number of benzene rings is 1. The SMILES string of the molecule is CSCC(C)NCc1cc(Cl)ccc1F. The Morgan fingerprint density at radius 1 is 1.53 bits per heavy atom. The maximum absolute atomic E-state index is 13.3. The molecule has 1 atom stereocenters. The normalized spacial score (nSPS) is 12.8. The van der Waals surface area contributed by atoms with Gasteiger partial charge < -0.3 is 5.32 Å². The van der Waals surface area contributed by atoms with Gasteiger partial charge in [0, 0.05) is 28.9 Å². The molecular formula is C11H15ClFNS. The molecular weight excluding hydrogens is 233 g/mol. The van der Waals surface area contributed by atoms with Crippen molar-refractivity contribution in [2.45, 2.75) is 19.5 Å². The molecule has 0 aromatic heterocycles. The molecule has 84 valence electrons. The van der Waals surface area contributed by atoms with E-state index in [1.807, 2.05) is 0 Å². The third-order valence-electron chi connectivity index (χ3n) is 2.07. The first kappa shape index (κ1) is 12.8. The molecule has 1 aromatic rings. The quantitative estimate of drug-likeness (QED) is 0.857. The Balaban J connectivity index is 2.53. The number of thioether (sulfide) groups is 1. The van der Waals surface area contributed by atoms with Crippen LogP contribution in [-0.4, -0.2) is 18.1 Å². The van der Waals surface area contributed by atoms with Gasteiger partial charge in [-0.3, -0.25) is 0 Å². The van der Waals surface area contributed by atoms with Crippen molar-refractivity contribution in [2.75, 3.05) is 12.0 Å². The maximum Gasteiger partial charge on any atom is 0.127 e. The monoisotopic (exact) mass is 247 g/mol. The molecule has 1 rings (SSSR count). The minimum absolute atomic E-state index is 0.205. The fourth-order valence-corrected chi connectivity index (χ4v) is 2.08. The van der Waals surface area contributed by atoms with Gasteiger partial charge in [-0.2, -0.15) is 11.8 Å². The number of rotatable bonds is 5. The van der Waals surface area contributed by atoms with Gasteiger partial charge >= 0.3 is 0 Å². The molecule has 15 heavy (non-hydrogen) atoms. The lowest BCUT2D eigenvalue weighted by atomic mass is 10.2. The Hall–Kier alpha value is -0.250. The molecule has 0 fully saturated rings. The van der Waals surface area contributed by atoms with E-state index in [1.54, 1.807) is 23.9 Å². The Labute approximate surface area is 99.4 Å². The van der Waals surface area contributed by atoms with E-state index in [9.17, 15) is 4.39 Å². The maximum atomic E-state index is 13.3. The molecule has 1 nitrogen and oxygen atoms in total. The minimum atomic E-state index is -0.205. The molecule has 0 aliphatic carbocycles. The van der Waals surface area contributed by atoms with E-state index in [4.69, 9.17) is 11.6 Å². The van der Waals surface area contributed by atoms with E-state index in [1.165, 1.54) is 6.07 Å². The molecule has 0 saturated carbocycles. The van der Waals surface area contributed by atoms with E-state index in [2.05, 4.69) is 18.5 Å². The molecule has 1 aromatic carbocycles. The molecule has 0 saturated heterocycles. The van der Waals surface area contributed by atoms with Gasteiger partial charge in [0.25, 0.3) is 0 Å². The predicted molar refractivity (Wildman–Crippen MR) is 66.1 cm³/mol. The zero-order valence-corrected chi connectivity index (χ0v) is 10.5. The second-order valence-corrected chi connectivity index (χ2v) is 4.82. The standard InChI is InChI=1S/C11H15ClFNS/c1-8(7-15-2)14-6-9-5-10(12)3-4-11(9)13/h3-5,8,14H,6-7H2,1-2H3. The zero-order chi connectivity index (χ0) is 11.3. The fourth-order valence-electron chi connectivity index (χ4n) is 1.27. The predicted octanol–water partition coefficient (Wildman–Crippen LogP) is 3.32. The highest BCUT2D eigenvalue weighted by Crippen LogP contribution is 2.14. The first-order chi connectivity index (χ1) is 7.13. The van der Waals surface area contributed by atoms with Crippen LogP contribution in [0.2, 0.25) is 5.02 Å². The second kappa shape index (κ2) is 6.36. The Kier molecular flexibility index (Phi) is 5.43. The van der Waals surface area contributed by atoms with Gasteiger partial charge in [0.05, 0.1) is 0 Å². The van der Waals surface area contributed by atoms with E-state index >= 15 is 0 Å². The highest BCUT2D eigenvalue weighted by Gasteiger charge is 2.05. The van der Waals surface area contributed by atoms with E-state index in [-0.39, 0.29) is 5.82 Å². The van der Waals surface area contributed by atoms with Crippen LogP contribution >= 0.6 is 23.4 Å². The van der Waals surface area contributed by atoms with Gasteiger partial charge in [0.2, 0.25) is 0 Å². The summed E-state index contributed by atoms with van der Waals surface area (Å²) in [5.74, 6) is 0.811. The van der Waals surface area contributed by atoms with Crippen molar-refractivity contribution in [3.05, 3.63) is 34.6 Å². The van der Waals surface area contributed by atoms with Crippen molar-refractivity contribution < 1.29 is 4.39 Å². The Bertz CT molecular complexity index is 319. The molecule has 0 heterocycles. The van der Waals surface area contributed by atoms with Crippen LogP contribution in [0.25, 0.3) is 0 Å². The summed E-state index contributed by atoms with van der Waals surface area (Å²) in [4.78, 5) is 0. The molecule has 0 bridgehead atoms. The molecule has 4 heteroatoms. The van der Waals surface area contributed by atoms with Gasteiger partial charge in [-0.1, -0.05) is 11.6 Å². The summed E-state index contributed by atoms with van der Waals surface area (Å²) < 4.78 is 13.3. The molecule has 1 N–H and O–H groups in total. The summed E-state index contributed by atoms with van der Waals surface area (Å²) >= 11 is 7.56. The van der Waals surface area contributed by atoms with Gasteiger partial charge in [0.1, 0.15) is 5.82 Å². The van der Waals surface area contributed by atoms with Gasteiger partial charge in [-0.15, -0.1) is 0 Å². The van der Waals surface area contributed by atoms with Crippen molar-refractivity contribution in [3.63, 3.8) is 0 Å². The van der Waals surface area contributed by atoms with E-state index in [0.29, 0.717) is 23.2 Å². The van der Waals surface area contributed by atoms with Crippen molar-refractivity contribution >= 4 is 23.4 Å². The number of hydrogen-bond acceptors (Lipinski definition) is 2. The lowest BCUT2D eigenvalue weighted by Crippen LogP contribution is -2.27. The minimum Gasteiger partial charge on any atom is -0.309 e. The summed E-state index contributed by atoms with van der Waals surface area (Å²) in [6, 6.07) is 5.00. The zero-order valence-electron chi connectivity index (χ0n) is 8.89. The summed E-state index contributed by atoms with van der Waals surface area (Å²) in [7, 11) is 0. The third kappa shape index (κ3) is 4.41. The first-order valence-corrected chi connectivity index (χ1v) is 6.57.